The van der Waals surface area contributed by atoms with E-state index in [0.717, 1.165) is 17.4 Å². The molecule has 2 unspecified atom stereocenters. The molecule has 0 spiro atoms. The number of morpholine rings is 1. The number of rotatable bonds is 7. The SMILES string of the molecule is CC1CN(S(=O)(=O)c2ccc(C(=O)N(CCN(C)C)c3nc4c(F)cc(F)cc4s3)cc2)CC(C)O1. The summed E-state index contributed by atoms with van der Waals surface area (Å²) in [6.07, 6.45) is -0.441. The number of carbonyl (C=O) groups is 1. The molecular formula is C24H28F2N4O4S2. The third-order valence-corrected chi connectivity index (χ3v) is 8.65. The van der Waals surface area contributed by atoms with Crippen molar-refractivity contribution in [2.24, 2.45) is 0 Å². The summed E-state index contributed by atoms with van der Waals surface area (Å²) in [5, 5.41) is 0.231. The molecule has 2 atom stereocenters. The van der Waals surface area contributed by atoms with Gasteiger partial charge in [0.15, 0.2) is 10.9 Å². The highest BCUT2D eigenvalue weighted by atomic mass is 32.2. The van der Waals surface area contributed by atoms with Gasteiger partial charge in [0.2, 0.25) is 10.0 Å². The second kappa shape index (κ2) is 10.5. The van der Waals surface area contributed by atoms with Crippen molar-refractivity contribution < 1.29 is 26.7 Å². The molecule has 2 aromatic carbocycles. The number of carbonyl (C=O) groups excluding carboxylic acids is 1. The van der Waals surface area contributed by atoms with E-state index in [1.54, 1.807) is 0 Å². The van der Waals surface area contributed by atoms with Crippen molar-refractivity contribution in [2.75, 3.05) is 45.2 Å². The lowest BCUT2D eigenvalue weighted by molar-refractivity contribution is -0.0440. The van der Waals surface area contributed by atoms with E-state index in [1.807, 2.05) is 32.8 Å². The molecule has 12 heteroatoms. The number of benzene rings is 2. The number of hydrogen-bond acceptors (Lipinski definition) is 7. The number of amides is 1. The Hall–Kier alpha value is -2.51. The molecule has 0 N–H and O–H groups in total. The van der Waals surface area contributed by atoms with Crippen LogP contribution >= 0.6 is 11.3 Å². The number of aromatic nitrogens is 1. The van der Waals surface area contributed by atoms with Gasteiger partial charge < -0.3 is 9.64 Å². The Morgan fingerprint density at radius 2 is 1.75 bits per heavy atom. The van der Waals surface area contributed by atoms with E-state index >= 15 is 0 Å². The fraction of sp³-hybridized carbons (Fsp3) is 0.417. The van der Waals surface area contributed by atoms with Crippen molar-refractivity contribution in [1.82, 2.24) is 14.2 Å². The summed E-state index contributed by atoms with van der Waals surface area (Å²) in [6, 6.07) is 7.67. The third-order valence-electron chi connectivity index (χ3n) is 5.77. The highest BCUT2D eigenvalue weighted by molar-refractivity contribution is 7.89. The molecule has 8 nitrogen and oxygen atoms in total. The second-order valence-electron chi connectivity index (χ2n) is 9.09. The maximum atomic E-state index is 14.2. The predicted molar refractivity (Wildman–Crippen MR) is 135 cm³/mol. The second-order valence-corrected chi connectivity index (χ2v) is 12.0. The van der Waals surface area contributed by atoms with Crippen LogP contribution in [0.15, 0.2) is 41.3 Å². The van der Waals surface area contributed by atoms with Gasteiger partial charge in [0.05, 0.1) is 21.8 Å². The van der Waals surface area contributed by atoms with Crippen molar-refractivity contribution in [1.29, 1.82) is 0 Å². The Morgan fingerprint density at radius 1 is 1.11 bits per heavy atom. The zero-order valence-electron chi connectivity index (χ0n) is 20.4. The zero-order valence-corrected chi connectivity index (χ0v) is 22.1. The molecule has 1 saturated heterocycles. The molecule has 2 heterocycles. The van der Waals surface area contributed by atoms with Gasteiger partial charge in [-0.15, -0.1) is 0 Å². The van der Waals surface area contributed by atoms with Gasteiger partial charge in [0, 0.05) is 37.8 Å². The van der Waals surface area contributed by atoms with E-state index in [2.05, 4.69) is 4.98 Å². The molecule has 36 heavy (non-hydrogen) atoms. The standard InChI is InChI=1S/C24H28F2N4O4S2/c1-15-13-29(14-16(2)34-15)36(32,33)19-7-5-17(6-8-19)23(31)30(10-9-28(3)4)24-27-22-20(26)11-18(25)12-21(22)35-24/h5-8,11-12,15-16H,9-10,13-14H2,1-4H3. The maximum Gasteiger partial charge on any atom is 0.260 e. The number of thiazole rings is 1. The fourth-order valence-corrected chi connectivity index (χ4v) is 6.67. The summed E-state index contributed by atoms with van der Waals surface area (Å²) in [5.41, 5.74) is 0.247. The van der Waals surface area contributed by atoms with Crippen LogP contribution in [0.1, 0.15) is 24.2 Å². The van der Waals surface area contributed by atoms with E-state index in [0.29, 0.717) is 11.2 Å². The maximum absolute atomic E-state index is 14.2. The van der Waals surface area contributed by atoms with Gasteiger partial charge in [-0.3, -0.25) is 9.69 Å². The molecule has 1 aliphatic heterocycles. The summed E-state index contributed by atoms with van der Waals surface area (Å²) >= 11 is 1.02. The first-order valence-electron chi connectivity index (χ1n) is 11.4. The Bertz CT molecular complexity index is 1350. The van der Waals surface area contributed by atoms with E-state index in [-0.39, 0.29) is 52.9 Å². The number of sulfonamides is 1. The number of halogens is 2. The lowest BCUT2D eigenvalue weighted by Crippen LogP contribution is -2.48. The predicted octanol–water partition coefficient (Wildman–Crippen LogP) is 3.58. The van der Waals surface area contributed by atoms with Gasteiger partial charge in [-0.1, -0.05) is 11.3 Å². The summed E-state index contributed by atoms with van der Waals surface area (Å²) in [7, 11) is -0.0556. The average Bonchev–Trinajstić information content (AvgIpc) is 3.22. The van der Waals surface area contributed by atoms with Crippen molar-refractivity contribution in [3.8, 4) is 0 Å². The first-order chi connectivity index (χ1) is 17.0. The average molecular weight is 539 g/mol. The van der Waals surface area contributed by atoms with Crippen LogP contribution in [0.25, 0.3) is 10.2 Å². The van der Waals surface area contributed by atoms with Gasteiger partial charge >= 0.3 is 0 Å². The highest BCUT2D eigenvalue weighted by Crippen LogP contribution is 2.32. The molecule has 0 radical (unpaired) electrons. The molecule has 1 fully saturated rings. The van der Waals surface area contributed by atoms with Gasteiger partial charge in [-0.2, -0.15) is 4.31 Å². The summed E-state index contributed by atoms with van der Waals surface area (Å²) in [4.78, 5) is 21.1. The molecule has 3 aromatic rings. The summed E-state index contributed by atoms with van der Waals surface area (Å²) in [5.74, 6) is -1.94. The molecule has 0 saturated carbocycles. The molecular weight excluding hydrogens is 510 g/mol. The van der Waals surface area contributed by atoms with Gasteiger partial charge in [-0.05, 0) is 58.3 Å². The van der Waals surface area contributed by atoms with E-state index in [4.69, 9.17) is 4.74 Å². The lowest BCUT2D eigenvalue weighted by atomic mass is 10.2. The molecule has 0 aliphatic carbocycles. The van der Waals surface area contributed by atoms with Crippen LogP contribution in [-0.4, -0.2) is 81.0 Å². The molecule has 194 valence electrons. The molecule has 1 amide bonds. The minimum Gasteiger partial charge on any atom is -0.373 e. The number of ether oxygens (including phenoxy) is 1. The topological polar surface area (TPSA) is 83.1 Å². The monoisotopic (exact) mass is 538 g/mol. The van der Waals surface area contributed by atoms with Crippen LogP contribution in [0, 0.1) is 11.6 Å². The minimum atomic E-state index is -3.76. The Balaban J connectivity index is 1.63. The highest BCUT2D eigenvalue weighted by Gasteiger charge is 2.32. The molecule has 4 rings (SSSR count). The largest absolute Gasteiger partial charge is 0.373 e. The van der Waals surface area contributed by atoms with Crippen LogP contribution in [0.5, 0.6) is 0 Å². The molecule has 1 aromatic heterocycles. The first kappa shape index (κ1) is 26.6. The van der Waals surface area contributed by atoms with Crippen molar-refractivity contribution in [2.45, 2.75) is 31.0 Å². The Kier molecular flexibility index (Phi) is 7.72. The Labute approximate surface area is 213 Å². The van der Waals surface area contributed by atoms with Gasteiger partial charge in [-0.25, -0.2) is 22.2 Å². The summed E-state index contributed by atoms with van der Waals surface area (Å²) in [6.45, 7) is 4.90. The van der Waals surface area contributed by atoms with Gasteiger partial charge in [0.1, 0.15) is 11.3 Å². The van der Waals surface area contributed by atoms with E-state index < -0.39 is 27.6 Å². The fourth-order valence-electron chi connectivity index (χ4n) is 4.05. The third kappa shape index (κ3) is 5.57. The van der Waals surface area contributed by atoms with Crippen molar-refractivity contribution in [3.05, 3.63) is 53.6 Å². The number of nitrogens with zero attached hydrogens (tertiary/aromatic N) is 4. The van der Waals surface area contributed by atoms with E-state index in [9.17, 15) is 22.0 Å². The number of likely N-dealkylation sites (N-methyl/N-ethyl adjacent to an activating group) is 1. The molecule has 1 aliphatic rings. The normalized spacial score (nSPS) is 19.2. The van der Waals surface area contributed by atoms with Crippen LogP contribution in [0.2, 0.25) is 0 Å². The Morgan fingerprint density at radius 3 is 2.36 bits per heavy atom. The van der Waals surface area contributed by atoms with Gasteiger partial charge in [0.25, 0.3) is 5.91 Å². The van der Waals surface area contributed by atoms with Crippen LogP contribution < -0.4 is 4.90 Å². The summed E-state index contributed by atoms with van der Waals surface area (Å²) < 4.78 is 61.5. The lowest BCUT2D eigenvalue weighted by Gasteiger charge is -2.34. The van der Waals surface area contributed by atoms with Crippen LogP contribution in [0.3, 0.4) is 0 Å². The number of fused-ring (bicyclic) bond motifs is 1. The number of hydrogen-bond donors (Lipinski definition) is 0. The molecule has 0 bridgehead atoms. The first-order valence-corrected chi connectivity index (χ1v) is 13.7. The smallest absolute Gasteiger partial charge is 0.260 e. The van der Waals surface area contributed by atoms with Crippen LogP contribution in [0.4, 0.5) is 13.9 Å². The quantitative estimate of drug-likeness (QED) is 0.457. The zero-order chi connectivity index (χ0) is 26.2. The number of anilines is 1. The van der Waals surface area contributed by atoms with Crippen molar-refractivity contribution >= 4 is 42.6 Å². The van der Waals surface area contributed by atoms with E-state index in [1.165, 1.54) is 39.5 Å². The minimum absolute atomic E-state index is 0.00513. The van der Waals surface area contributed by atoms with Crippen molar-refractivity contribution in [3.63, 3.8) is 0 Å². The van der Waals surface area contributed by atoms with Crippen LogP contribution in [-0.2, 0) is 14.8 Å².